The van der Waals surface area contributed by atoms with Crippen LogP contribution in [0.15, 0.2) is 29.0 Å². The number of carbonyl (C=O) groups is 1. The molecule has 0 aromatic carbocycles. The highest BCUT2D eigenvalue weighted by molar-refractivity contribution is 7.98. The number of thioether (sulfide) groups is 1. The van der Waals surface area contributed by atoms with E-state index in [1.165, 1.54) is 4.90 Å². The molecule has 2 aromatic heterocycles. The van der Waals surface area contributed by atoms with Gasteiger partial charge in [-0.05, 0) is 30.6 Å². The van der Waals surface area contributed by atoms with Crippen LogP contribution >= 0.6 is 24.2 Å². The van der Waals surface area contributed by atoms with E-state index in [0.717, 1.165) is 11.3 Å². The summed E-state index contributed by atoms with van der Waals surface area (Å²) in [6.07, 6.45) is 5.96. The van der Waals surface area contributed by atoms with Crippen molar-refractivity contribution in [3.63, 3.8) is 0 Å². The molecule has 7 nitrogen and oxygen atoms in total. The molecular formula is C14H20ClN5O2S. The topological polar surface area (TPSA) is 98.1 Å². The molecule has 0 aliphatic rings. The lowest BCUT2D eigenvalue weighted by Crippen LogP contribution is -2.41. The van der Waals surface area contributed by atoms with Crippen molar-refractivity contribution in [1.29, 1.82) is 0 Å². The van der Waals surface area contributed by atoms with E-state index in [2.05, 4.69) is 15.1 Å². The molecule has 2 rings (SSSR count). The van der Waals surface area contributed by atoms with Gasteiger partial charge in [-0.3, -0.25) is 9.78 Å². The molecular weight excluding hydrogens is 338 g/mol. The molecule has 0 saturated carbocycles. The first-order chi connectivity index (χ1) is 10.6. The molecule has 0 saturated heterocycles. The van der Waals surface area contributed by atoms with Gasteiger partial charge >= 0.3 is 0 Å². The number of nitrogens with two attached hydrogens (primary N) is 1. The summed E-state index contributed by atoms with van der Waals surface area (Å²) in [5.41, 5.74) is 6.64. The Kier molecular flexibility index (Phi) is 8.01. The highest BCUT2D eigenvalue weighted by atomic mass is 35.5. The molecule has 0 radical (unpaired) electrons. The van der Waals surface area contributed by atoms with Crippen molar-refractivity contribution in [2.24, 2.45) is 5.73 Å². The van der Waals surface area contributed by atoms with Crippen molar-refractivity contribution in [3.8, 4) is 11.4 Å². The van der Waals surface area contributed by atoms with Crippen LogP contribution in [0, 0.1) is 0 Å². The van der Waals surface area contributed by atoms with Gasteiger partial charge in [-0.15, -0.1) is 12.4 Å². The van der Waals surface area contributed by atoms with Gasteiger partial charge in [0, 0.05) is 25.0 Å². The number of halogens is 1. The van der Waals surface area contributed by atoms with Gasteiger partial charge in [-0.1, -0.05) is 5.16 Å². The molecule has 0 fully saturated rings. The summed E-state index contributed by atoms with van der Waals surface area (Å²) < 4.78 is 5.17. The second-order valence-corrected chi connectivity index (χ2v) is 5.82. The molecule has 1 atom stereocenters. The van der Waals surface area contributed by atoms with E-state index in [0.29, 0.717) is 18.1 Å². The zero-order valence-corrected chi connectivity index (χ0v) is 14.6. The van der Waals surface area contributed by atoms with Crippen LogP contribution in [0.25, 0.3) is 11.4 Å². The maximum absolute atomic E-state index is 12.1. The molecule has 23 heavy (non-hydrogen) atoms. The van der Waals surface area contributed by atoms with E-state index in [4.69, 9.17) is 10.3 Å². The fourth-order valence-corrected chi connectivity index (χ4v) is 2.35. The summed E-state index contributed by atoms with van der Waals surface area (Å²) in [4.78, 5) is 21.9. The second kappa shape index (κ2) is 9.49. The van der Waals surface area contributed by atoms with Crippen LogP contribution in [0.4, 0.5) is 0 Å². The number of hydrogen-bond donors (Lipinski definition) is 1. The summed E-state index contributed by atoms with van der Waals surface area (Å²) in [6, 6.07) is 3.14. The number of nitrogens with zero attached hydrogens (tertiary/aromatic N) is 4. The van der Waals surface area contributed by atoms with Crippen LogP contribution in [0.2, 0.25) is 0 Å². The fourth-order valence-electron chi connectivity index (χ4n) is 1.86. The first-order valence-corrected chi connectivity index (χ1v) is 8.23. The fraction of sp³-hybridized carbons (Fsp3) is 0.429. The van der Waals surface area contributed by atoms with E-state index in [9.17, 15) is 4.79 Å². The van der Waals surface area contributed by atoms with Crippen molar-refractivity contribution in [3.05, 3.63) is 30.4 Å². The monoisotopic (exact) mass is 357 g/mol. The van der Waals surface area contributed by atoms with Gasteiger partial charge in [0.1, 0.15) is 0 Å². The number of aromatic nitrogens is 3. The predicted octanol–water partition coefficient (Wildman–Crippen LogP) is 1.59. The van der Waals surface area contributed by atoms with Gasteiger partial charge in [-0.2, -0.15) is 16.7 Å². The van der Waals surface area contributed by atoms with Crippen LogP contribution in [-0.4, -0.2) is 51.0 Å². The molecule has 9 heteroatoms. The van der Waals surface area contributed by atoms with E-state index >= 15 is 0 Å². The Morgan fingerprint density at radius 1 is 1.52 bits per heavy atom. The molecule has 0 spiro atoms. The molecule has 0 aliphatic heterocycles. The molecule has 2 N–H and O–H groups in total. The molecule has 0 aliphatic carbocycles. The quantitative estimate of drug-likeness (QED) is 0.803. The van der Waals surface area contributed by atoms with E-state index in [1.807, 2.05) is 12.3 Å². The van der Waals surface area contributed by atoms with Gasteiger partial charge < -0.3 is 15.2 Å². The summed E-state index contributed by atoms with van der Waals surface area (Å²) in [5, 5.41) is 3.89. The summed E-state index contributed by atoms with van der Waals surface area (Å²) in [6.45, 7) is 0.235. The molecule has 0 unspecified atom stereocenters. The molecule has 2 aromatic rings. The molecule has 1 amide bonds. The van der Waals surface area contributed by atoms with Gasteiger partial charge in [0.25, 0.3) is 0 Å². The highest BCUT2D eigenvalue weighted by Crippen LogP contribution is 2.14. The maximum atomic E-state index is 12.1. The van der Waals surface area contributed by atoms with Gasteiger partial charge in [-0.25, -0.2) is 0 Å². The Bertz CT molecular complexity index is 610. The van der Waals surface area contributed by atoms with Gasteiger partial charge in [0.15, 0.2) is 0 Å². The lowest BCUT2D eigenvalue weighted by molar-refractivity contribution is -0.132. The van der Waals surface area contributed by atoms with E-state index in [1.54, 1.807) is 37.3 Å². The van der Waals surface area contributed by atoms with Crippen molar-refractivity contribution in [2.75, 3.05) is 19.1 Å². The third kappa shape index (κ3) is 5.49. The van der Waals surface area contributed by atoms with Crippen LogP contribution in [0.1, 0.15) is 12.3 Å². The van der Waals surface area contributed by atoms with E-state index in [-0.39, 0.29) is 24.9 Å². The maximum Gasteiger partial charge on any atom is 0.246 e. The number of likely N-dealkylation sites (N-methyl/N-ethyl adjacent to an activating group) is 1. The van der Waals surface area contributed by atoms with Crippen LogP contribution in [-0.2, 0) is 11.3 Å². The Morgan fingerprint density at radius 3 is 2.96 bits per heavy atom. The highest BCUT2D eigenvalue weighted by Gasteiger charge is 2.20. The van der Waals surface area contributed by atoms with Crippen LogP contribution < -0.4 is 5.73 Å². The minimum atomic E-state index is -0.502. The normalized spacial score (nSPS) is 11.6. The molecule has 2 heterocycles. The zero-order valence-electron chi connectivity index (χ0n) is 13.0. The number of hydrogen-bond acceptors (Lipinski definition) is 7. The Hall–Kier alpha value is -1.64. The van der Waals surface area contributed by atoms with Crippen LogP contribution in [0.3, 0.4) is 0 Å². The average Bonchev–Trinajstić information content (AvgIpc) is 3.01. The third-order valence-electron chi connectivity index (χ3n) is 3.09. The van der Waals surface area contributed by atoms with Crippen LogP contribution in [0.5, 0.6) is 0 Å². The number of carbonyl (C=O) groups excluding carboxylic acids is 1. The van der Waals surface area contributed by atoms with Crippen molar-refractivity contribution < 1.29 is 9.32 Å². The van der Waals surface area contributed by atoms with Crippen molar-refractivity contribution >= 4 is 30.1 Å². The SMILES string of the molecule is CSCC[C@H](N)C(=O)N(C)Cc1nc(-c2cccnc2)no1.Cl. The van der Waals surface area contributed by atoms with Gasteiger partial charge in [0.05, 0.1) is 12.6 Å². The lowest BCUT2D eigenvalue weighted by atomic mass is 10.2. The Morgan fingerprint density at radius 2 is 2.30 bits per heavy atom. The standard InChI is InChI=1S/C14H19N5O2S.ClH/c1-19(14(20)11(15)5-7-22-2)9-12-17-13(18-21-12)10-4-3-6-16-8-10;/h3-4,6,8,11H,5,7,9,15H2,1-2H3;1H/t11-;/m0./s1. The Labute approximate surface area is 145 Å². The number of amides is 1. The zero-order chi connectivity index (χ0) is 15.9. The smallest absolute Gasteiger partial charge is 0.246 e. The first-order valence-electron chi connectivity index (χ1n) is 6.84. The average molecular weight is 358 g/mol. The van der Waals surface area contributed by atoms with Crippen molar-refractivity contribution in [2.45, 2.75) is 19.0 Å². The van der Waals surface area contributed by atoms with Gasteiger partial charge in [0.2, 0.25) is 17.6 Å². The Balaban J connectivity index is 0.00000264. The summed E-state index contributed by atoms with van der Waals surface area (Å²) in [5.74, 6) is 1.55. The number of rotatable bonds is 7. The summed E-state index contributed by atoms with van der Waals surface area (Å²) >= 11 is 1.67. The number of pyridine rings is 1. The second-order valence-electron chi connectivity index (χ2n) is 4.84. The van der Waals surface area contributed by atoms with Crippen molar-refractivity contribution in [1.82, 2.24) is 20.0 Å². The van der Waals surface area contributed by atoms with E-state index < -0.39 is 6.04 Å². The first kappa shape index (κ1) is 19.4. The minimum absolute atomic E-state index is 0. The predicted molar refractivity (Wildman–Crippen MR) is 92.2 cm³/mol. The molecule has 126 valence electrons. The third-order valence-corrected chi connectivity index (χ3v) is 3.73. The largest absolute Gasteiger partial charge is 0.337 e. The minimum Gasteiger partial charge on any atom is -0.337 e. The lowest BCUT2D eigenvalue weighted by Gasteiger charge is -2.19. The summed E-state index contributed by atoms with van der Waals surface area (Å²) in [7, 11) is 1.68. The molecule has 0 bridgehead atoms.